The Labute approximate surface area is 159 Å². The fraction of sp³-hybridized carbons (Fsp3) is 0.526. The Bertz CT molecular complexity index is 724. The predicted molar refractivity (Wildman–Crippen MR) is 101 cm³/mol. The lowest BCUT2D eigenvalue weighted by molar-refractivity contribution is -0.149. The van der Waals surface area contributed by atoms with Crippen LogP contribution in [0, 0.1) is 5.41 Å². The Hall–Kier alpha value is -2.77. The Kier molecular flexibility index (Phi) is 6.30. The molecule has 0 bridgehead atoms. The molecule has 1 N–H and O–H groups in total. The molecule has 27 heavy (non-hydrogen) atoms. The molecule has 0 atom stereocenters. The van der Waals surface area contributed by atoms with Crippen molar-refractivity contribution < 1.29 is 23.9 Å². The molecule has 0 spiro atoms. The van der Waals surface area contributed by atoms with Crippen LogP contribution in [0.15, 0.2) is 18.2 Å². The number of benzene rings is 1. The number of ether oxygens (including phenoxy) is 2. The van der Waals surface area contributed by atoms with Crippen LogP contribution in [-0.4, -0.2) is 67.9 Å². The number of nitrogens with one attached hydrogen (secondary N) is 1. The number of carbonyl (C=O) groups excluding carboxylic acids is 3. The summed E-state index contributed by atoms with van der Waals surface area (Å²) in [4.78, 5) is 40.4. The number of carbonyl (C=O) groups is 3. The number of nitrogens with zero attached hydrogens (tertiary/aromatic N) is 2. The maximum atomic E-state index is 12.9. The van der Waals surface area contributed by atoms with Gasteiger partial charge in [-0.15, -0.1) is 0 Å². The van der Waals surface area contributed by atoms with Gasteiger partial charge in [-0.1, -0.05) is 0 Å². The van der Waals surface area contributed by atoms with Gasteiger partial charge in [0.15, 0.2) is 11.5 Å². The van der Waals surface area contributed by atoms with E-state index in [1.807, 2.05) is 0 Å². The van der Waals surface area contributed by atoms with E-state index in [0.717, 1.165) is 0 Å². The number of hydrogen-bond donors (Lipinski definition) is 1. The summed E-state index contributed by atoms with van der Waals surface area (Å²) < 4.78 is 10.4. The monoisotopic (exact) mass is 377 g/mol. The predicted octanol–water partition coefficient (Wildman–Crippen LogP) is 1.36. The van der Waals surface area contributed by atoms with Crippen molar-refractivity contribution in [3.8, 4) is 11.5 Å². The van der Waals surface area contributed by atoms with Crippen molar-refractivity contribution in [2.24, 2.45) is 5.41 Å². The molecule has 1 fully saturated rings. The molecule has 1 aromatic carbocycles. The summed E-state index contributed by atoms with van der Waals surface area (Å²) in [5.74, 6) is 0.360. The van der Waals surface area contributed by atoms with Gasteiger partial charge in [0.25, 0.3) is 0 Å². The molecule has 1 heterocycles. The van der Waals surface area contributed by atoms with Crippen LogP contribution >= 0.6 is 0 Å². The summed E-state index contributed by atoms with van der Waals surface area (Å²) in [5.41, 5.74) is -0.731. The van der Waals surface area contributed by atoms with Crippen LogP contribution in [0.5, 0.6) is 11.5 Å². The molecular weight excluding hydrogens is 350 g/mol. The van der Waals surface area contributed by atoms with Gasteiger partial charge in [-0.3, -0.25) is 14.4 Å². The van der Waals surface area contributed by atoms with E-state index in [2.05, 4.69) is 5.32 Å². The van der Waals surface area contributed by atoms with Gasteiger partial charge < -0.3 is 24.6 Å². The highest BCUT2D eigenvalue weighted by atomic mass is 16.5. The van der Waals surface area contributed by atoms with E-state index in [1.54, 1.807) is 41.8 Å². The third-order valence-electron chi connectivity index (χ3n) is 4.76. The SMILES string of the molecule is COc1ccc(NC(=O)C(C)(C)C(=O)N2CCN(C(C)=O)CC2)cc1OC. The largest absolute Gasteiger partial charge is 0.493 e. The average Bonchev–Trinajstić information content (AvgIpc) is 2.67. The molecule has 3 amide bonds. The Balaban J connectivity index is 2.06. The summed E-state index contributed by atoms with van der Waals surface area (Å²) >= 11 is 0. The smallest absolute Gasteiger partial charge is 0.239 e. The average molecular weight is 377 g/mol. The van der Waals surface area contributed by atoms with E-state index >= 15 is 0 Å². The van der Waals surface area contributed by atoms with Crippen molar-refractivity contribution in [2.75, 3.05) is 45.7 Å². The molecular formula is C19H27N3O5. The van der Waals surface area contributed by atoms with Crippen molar-refractivity contribution in [1.29, 1.82) is 0 Å². The van der Waals surface area contributed by atoms with Gasteiger partial charge >= 0.3 is 0 Å². The van der Waals surface area contributed by atoms with Crippen LogP contribution in [0.1, 0.15) is 20.8 Å². The number of rotatable bonds is 5. The van der Waals surface area contributed by atoms with Gasteiger partial charge in [0.1, 0.15) is 5.41 Å². The normalized spacial score (nSPS) is 14.6. The third kappa shape index (κ3) is 4.50. The minimum absolute atomic E-state index is 0.00689. The second-order valence-electron chi connectivity index (χ2n) is 6.95. The van der Waals surface area contributed by atoms with E-state index in [9.17, 15) is 14.4 Å². The number of methoxy groups -OCH3 is 2. The number of piperazine rings is 1. The first-order valence-corrected chi connectivity index (χ1v) is 8.79. The molecule has 2 rings (SSSR count). The molecule has 1 aromatic rings. The highest BCUT2D eigenvalue weighted by Crippen LogP contribution is 2.31. The summed E-state index contributed by atoms with van der Waals surface area (Å²) in [6.07, 6.45) is 0. The van der Waals surface area contributed by atoms with Gasteiger partial charge in [0.05, 0.1) is 14.2 Å². The summed E-state index contributed by atoms with van der Waals surface area (Å²) in [5, 5.41) is 2.77. The first-order valence-electron chi connectivity index (χ1n) is 8.79. The number of anilines is 1. The topological polar surface area (TPSA) is 88.2 Å². The third-order valence-corrected chi connectivity index (χ3v) is 4.76. The van der Waals surface area contributed by atoms with E-state index in [-0.39, 0.29) is 11.8 Å². The number of amides is 3. The molecule has 8 nitrogen and oxygen atoms in total. The van der Waals surface area contributed by atoms with E-state index in [1.165, 1.54) is 21.1 Å². The summed E-state index contributed by atoms with van der Waals surface area (Å²) in [7, 11) is 3.04. The molecule has 8 heteroatoms. The Morgan fingerprint density at radius 1 is 0.963 bits per heavy atom. The first-order chi connectivity index (χ1) is 12.7. The van der Waals surface area contributed by atoms with Crippen LogP contribution < -0.4 is 14.8 Å². The van der Waals surface area contributed by atoms with Crippen LogP contribution in [0.4, 0.5) is 5.69 Å². The molecule has 1 aliphatic heterocycles. The number of hydrogen-bond acceptors (Lipinski definition) is 5. The summed E-state index contributed by atoms with van der Waals surface area (Å²) in [6, 6.07) is 5.01. The van der Waals surface area contributed by atoms with E-state index in [0.29, 0.717) is 43.4 Å². The first kappa shape index (κ1) is 20.5. The highest BCUT2D eigenvalue weighted by molar-refractivity contribution is 6.10. The zero-order chi connectivity index (χ0) is 20.2. The second kappa shape index (κ2) is 8.28. The second-order valence-corrected chi connectivity index (χ2v) is 6.95. The molecule has 0 aromatic heterocycles. The standard InChI is InChI=1S/C19H27N3O5/c1-13(23)21-8-10-22(11-9-21)18(25)19(2,3)17(24)20-14-6-7-15(26-4)16(12-14)27-5/h6-7,12H,8-11H2,1-5H3,(H,20,24). The molecule has 0 aliphatic carbocycles. The van der Waals surface area contributed by atoms with Gasteiger partial charge in [-0.2, -0.15) is 0 Å². The van der Waals surface area contributed by atoms with E-state index in [4.69, 9.17) is 9.47 Å². The van der Waals surface area contributed by atoms with Crippen LogP contribution in [0.3, 0.4) is 0 Å². The molecule has 1 aliphatic rings. The molecule has 0 unspecified atom stereocenters. The van der Waals surface area contributed by atoms with Gasteiger partial charge in [-0.25, -0.2) is 0 Å². The van der Waals surface area contributed by atoms with Crippen LogP contribution in [0.25, 0.3) is 0 Å². The van der Waals surface area contributed by atoms with Crippen molar-refractivity contribution in [3.05, 3.63) is 18.2 Å². The minimum Gasteiger partial charge on any atom is -0.493 e. The maximum Gasteiger partial charge on any atom is 0.239 e. The van der Waals surface area contributed by atoms with Gasteiger partial charge in [0.2, 0.25) is 17.7 Å². The lowest BCUT2D eigenvalue weighted by Gasteiger charge is -2.37. The lowest BCUT2D eigenvalue weighted by atomic mass is 9.89. The fourth-order valence-electron chi connectivity index (χ4n) is 2.92. The maximum absolute atomic E-state index is 12.9. The van der Waals surface area contributed by atoms with Crippen molar-refractivity contribution in [2.45, 2.75) is 20.8 Å². The van der Waals surface area contributed by atoms with Crippen molar-refractivity contribution in [1.82, 2.24) is 9.80 Å². The molecule has 0 radical (unpaired) electrons. The van der Waals surface area contributed by atoms with Crippen molar-refractivity contribution >= 4 is 23.4 Å². The van der Waals surface area contributed by atoms with Gasteiger partial charge in [-0.05, 0) is 26.0 Å². The minimum atomic E-state index is -1.24. The quantitative estimate of drug-likeness (QED) is 0.783. The Morgan fingerprint density at radius 3 is 2.04 bits per heavy atom. The van der Waals surface area contributed by atoms with Crippen LogP contribution in [-0.2, 0) is 14.4 Å². The van der Waals surface area contributed by atoms with Crippen molar-refractivity contribution in [3.63, 3.8) is 0 Å². The lowest BCUT2D eigenvalue weighted by Crippen LogP contribution is -2.55. The highest BCUT2D eigenvalue weighted by Gasteiger charge is 2.40. The summed E-state index contributed by atoms with van der Waals surface area (Å²) in [6.45, 7) is 6.52. The zero-order valence-electron chi connectivity index (χ0n) is 16.5. The van der Waals surface area contributed by atoms with E-state index < -0.39 is 11.3 Å². The fourth-order valence-corrected chi connectivity index (χ4v) is 2.92. The molecule has 1 saturated heterocycles. The van der Waals surface area contributed by atoms with Crippen LogP contribution in [0.2, 0.25) is 0 Å². The molecule has 0 saturated carbocycles. The molecule has 148 valence electrons. The van der Waals surface area contributed by atoms with Gasteiger partial charge in [0, 0.05) is 44.9 Å². The zero-order valence-corrected chi connectivity index (χ0v) is 16.5. The Morgan fingerprint density at radius 2 is 1.52 bits per heavy atom.